The van der Waals surface area contributed by atoms with Gasteiger partial charge in [0.15, 0.2) is 0 Å². The molecule has 0 radical (unpaired) electrons. The summed E-state index contributed by atoms with van der Waals surface area (Å²) in [7, 11) is -2.46. The Balaban J connectivity index is 1.92. The number of anilines is 2. The van der Waals surface area contributed by atoms with Crippen LogP contribution in [0, 0.1) is 11.6 Å². The Labute approximate surface area is 161 Å². The number of hydrogen-bond acceptors (Lipinski definition) is 5. The molecule has 2 aromatic rings. The van der Waals surface area contributed by atoms with Gasteiger partial charge in [-0.1, -0.05) is 0 Å². The number of piperazine rings is 1. The maximum atomic E-state index is 13.8. The average molecular weight is 411 g/mol. The van der Waals surface area contributed by atoms with Gasteiger partial charge in [-0.2, -0.15) is 0 Å². The number of nitrogens with zero attached hydrogens (tertiary/aromatic N) is 2. The number of halogens is 2. The fourth-order valence-electron chi connectivity index (χ4n) is 2.99. The Bertz CT molecular complexity index is 1010. The van der Waals surface area contributed by atoms with E-state index in [1.165, 1.54) is 18.2 Å². The summed E-state index contributed by atoms with van der Waals surface area (Å²) in [6.45, 7) is 2.81. The summed E-state index contributed by atoms with van der Waals surface area (Å²) in [6.07, 6.45) is 0. The molecule has 7 nitrogen and oxygen atoms in total. The van der Waals surface area contributed by atoms with Crippen LogP contribution >= 0.6 is 0 Å². The zero-order chi connectivity index (χ0) is 20.5. The van der Waals surface area contributed by atoms with E-state index < -0.39 is 32.5 Å². The Kier molecular flexibility index (Phi) is 5.52. The van der Waals surface area contributed by atoms with E-state index in [1.807, 2.05) is 11.9 Å². The number of aromatic carboxylic acids is 1. The predicted octanol–water partition coefficient (Wildman–Crippen LogP) is 2.22. The number of likely N-dealkylation sites (N-methyl/N-ethyl adjacent to an activating group) is 1. The van der Waals surface area contributed by atoms with Crippen LogP contribution in [0.1, 0.15) is 10.4 Å². The molecule has 0 amide bonds. The summed E-state index contributed by atoms with van der Waals surface area (Å²) in [5.74, 6) is -3.23. The highest BCUT2D eigenvalue weighted by molar-refractivity contribution is 7.92. The smallest absolute Gasteiger partial charge is 0.337 e. The standard InChI is InChI=1S/C18H19F2N3O4S/c1-22-6-8-23(9-7-22)16-5-3-13(11-14(16)18(24)25)21-28(26,27)17-10-12(19)2-4-15(17)20/h2-5,10-11,21H,6-9H2,1H3,(H,24,25). The lowest BCUT2D eigenvalue weighted by atomic mass is 10.1. The summed E-state index contributed by atoms with van der Waals surface area (Å²) in [6, 6.07) is 6.16. The summed E-state index contributed by atoms with van der Waals surface area (Å²) >= 11 is 0. The molecular weight excluding hydrogens is 392 g/mol. The quantitative estimate of drug-likeness (QED) is 0.784. The monoisotopic (exact) mass is 411 g/mol. The van der Waals surface area contributed by atoms with Gasteiger partial charge in [-0.05, 0) is 43.4 Å². The van der Waals surface area contributed by atoms with Gasteiger partial charge in [0.2, 0.25) is 0 Å². The molecule has 3 rings (SSSR count). The summed E-state index contributed by atoms with van der Waals surface area (Å²) in [4.78, 5) is 14.9. The van der Waals surface area contributed by atoms with Gasteiger partial charge < -0.3 is 14.9 Å². The second-order valence-electron chi connectivity index (χ2n) is 6.51. The average Bonchev–Trinajstić information content (AvgIpc) is 2.64. The first-order valence-electron chi connectivity index (χ1n) is 8.46. The van der Waals surface area contributed by atoms with Crippen molar-refractivity contribution >= 4 is 27.4 Å². The van der Waals surface area contributed by atoms with Crippen molar-refractivity contribution in [1.82, 2.24) is 4.90 Å². The van der Waals surface area contributed by atoms with Crippen molar-refractivity contribution in [2.45, 2.75) is 4.90 Å². The molecule has 2 aromatic carbocycles. The van der Waals surface area contributed by atoms with Crippen LogP contribution < -0.4 is 9.62 Å². The van der Waals surface area contributed by atoms with E-state index in [0.717, 1.165) is 19.2 Å². The van der Waals surface area contributed by atoms with Crippen LogP contribution in [0.2, 0.25) is 0 Å². The van der Waals surface area contributed by atoms with E-state index >= 15 is 0 Å². The van der Waals surface area contributed by atoms with Crippen LogP contribution in [0.15, 0.2) is 41.3 Å². The molecule has 10 heteroatoms. The Morgan fingerprint density at radius 3 is 2.39 bits per heavy atom. The molecule has 0 bridgehead atoms. The van der Waals surface area contributed by atoms with Gasteiger partial charge in [-0.15, -0.1) is 0 Å². The minimum Gasteiger partial charge on any atom is -0.478 e. The molecule has 2 N–H and O–H groups in total. The van der Waals surface area contributed by atoms with Crippen LogP contribution in [-0.2, 0) is 10.0 Å². The lowest BCUT2D eigenvalue weighted by Crippen LogP contribution is -2.45. The SMILES string of the molecule is CN1CCN(c2ccc(NS(=O)(=O)c3cc(F)ccc3F)cc2C(=O)O)CC1. The first kappa shape index (κ1) is 20.0. The van der Waals surface area contributed by atoms with E-state index in [0.29, 0.717) is 30.9 Å². The van der Waals surface area contributed by atoms with Gasteiger partial charge in [0.05, 0.1) is 11.3 Å². The number of nitrogens with one attached hydrogen (secondary N) is 1. The van der Waals surface area contributed by atoms with Gasteiger partial charge in [0.1, 0.15) is 16.5 Å². The third kappa shape index (κ3) is 4.23. The van der Waals surface area contributed by atoms with Crippen LogP contribution in [0.25, 0.3) is 0 Å². The van der Waals surface area contributed by atoms with E-state index in [2.05, 4.69) is 9.62 Å². The van der Waals surface area contributed by atoms with Crippen molar-refractivity contribution in [2.24, 2.45) is 0 Å². The Morgan fingerprint density at radius 1 is 1.07 bits per heavy atom. The fraction of sp³-hybridized carbons (Fsp3) is 0.278. The lowest BCUT2D eigenvalue weighted by molar-refractivity contribution is 0.0697. The van der Waals surface area contributed by atoms with Crippen molar-refractivity contribution in [3.8, 4) is 0 Å². The molecule has 1 heterocycles. The third-order valence-corrected chi connectivity index (χ3v) is 5.90. The minimum absolute atomic E-state index is 0.0565. The van der Waals surface area contributed by atoms with Crippen molar-refractivity contribution in [3.05, 3.63) is 53.6 Å². The van der Waals surface area contributed by atoms with Crippen LogP contribution in [0.4, 0.5) is 20.2 Å². The second-order valence-corrected chi connectivity index (χ2v) is 8.16. The highest BCUT2D eigenvalue weighted by Crippen LogP contribution is 2.27. The first-order valence-corrected chi connectivity index (χ1v) is 9.94. The molecule has 0 atom stereocenters. The third-order valence-electron chi connectivity index (χ3n) is 4.51. The zero-order valence-corrected chi connectivity index (χ0v) is 15.8. The first-order chi connectivity index (χ1) is 13.2. The molecule has 1 aliphatic rings. The van der Waals surface area contributed by atoms with Crippen LogP contribution in [0.5, 0.6) is 0 Å². The molecule has 0 aliphatic carbocycles. The minimum atomic E-state index is -4.43. The highest BCUT2D eigenvalue weighted by atomic mass is 32.2. The normalized spacial score (nSPS) is 15.5. The number of benzene rings is 2. The summed E-state index contributed by atoms with van der Waals surface area (Å²) in [5.41, 5.74) is 0.337. The molecule has 1 aliphatic heterocycles. The number of carbonyl (C=O) groups is 1. The van der Waals surface area contributed by atoms with Crippen LogP contribution in [-0.4, -0.2) is 57.6 Å². The van der Waals surface area contributed by atoms with Gasteiger partial charge in [-0.25, -0.2) is 22.0 Å². The molecule has 28 heavy (non-hydrogen) atoms. The molecule has 0 spiro atoms. The van der Waals surface area contributed by atoms with Crippen molar-refractivity contribution in [1.29, 1.82) is 0 Å². The molecule has 1 fully saturated rings. The molecule has 0 unspecified atom stereocenters. The maximum Gasteiger partial charge on any atom is 0.337 e. The Morgan fingerprint density at radius 2 is 1.75 bits per heavy atom. The lowest BCUT2D eigenvalue weighted by Gasteiger charge is -2.34. The number of sulfonamides is 1. The highest BCUT2D eigenvalue weighted by Gasteiger charge is 2.23. The van der Waals surface area contributed by atoms with Crippen molar-refractivity contribution in [3.63, 3.8) is 0 Å². The topological polar surface area (TPSA) is 90.0 Å². The van der Waals surface area contributed by atoms with Gasteiger partial charge in [0, 0.05) is 31.9 Å². The van der Waals surface area contributed by atoms with Crippen molar-refractivity contribution in [2.75, 3.05) is 42.8 Å². The van der Waals surface area contributed by atoms with Gasteiger partial charge >= 0.3 is 5.97 Å². The molecular formula is C18H19F2N3O4S. The van der Waals surface area contributed by atoms with E-state index in [4.69, 9.17) is 0 Å². The number of carboxylic acids is 1. The van der Waals surface area contributed by atoms with E-state index in [1.54, 1.807) is 0 Å². The van der Waals surface area contributed by atoms with E-state index in [9.17, 15) is 27.1 Å². The molecule has 0 aromatic heterocycles. The van der Waals surface area contributed by atoms with Gasteiger partial charge in [0.25, 0.3) is 10.0 Å². The number of hydrogen-bond donors (Lipinski definition) is 2. The van der Waals surface area contributed by atoms with Crippen LogP contribution in [0.3, 0.4) is 0 Å². The molecule has 0 saturated carbocycles. The van der Waals surface area contributed by atoms with Gasteiger partial charge in [-0.3, -0.25) is 4.72 Å². The number of carboxylic acid groups (broad SMARTS) is 1. The summed E-state index contributed by atoms with van der Waals surface area (Å²) in [5, 5.41) is 9.54. The molecule has 1 saturated heterocycles. The van der Waals surface area contributed by atoms with Crippen molar-refractivity contribution < 1.29 is 27.1 Å². The second kappa shape index (κ2) is 7.72. The maximum absolute atomic E-state index is 13.8. The van der Waals surface area contributed by atoms with E-state index in [-0.39, 0.29) is 11.3 Å². The largest absolute Gasteiger partial charge is 0.478 e. The number of rotatable bonds is 5. The summed E-state index contributed by atoms with van der Waals surface area (Å²) < 4.78 is 54.1. The predicted molar refractivity (Wildman–Crippen MR) is 100 cm³/mol. The zero-order valence-electron chi connectivity index (χ0n) is 15.0. The molecule has 150 valence electrons. The Hall–Kier alpha value is -2.72. The fourth-order valence-corrected chi connectivity index (χ4v) is 4.13.